The fourth-order valence-electron chi connectivity index (χ4n) is 3.96. The second-order valence-electron chi connectivity index (χ2n) is 7.01. The number of urea groups is 2. The Morgan fingerprint density at radius 1 is 1.04 bits per heavy atom. The minimum Gasteiger partial charge on any atom is -0.381 e. The summed E-state index contributed by atoms with van der Waals surface area (Å²) < 4.78 is 18.4. The number of carbonyl (C=O) groups excluding carboxylic acids is 2. The van der Waals surface area contributed by atoms with Crippen LogP contribution in [0.2, 0.25) is 0 Å². The largest absolute Gasteiger partial charge is 0.381 e. The van der Waals surface area contributed by atoms with Gasteiger partial charge < -0.3 is 24.8 Å². The lowest BCUT2D eigenvalue weighted by molar-refractivity contribution is 0.0504. The Hall–Kier alpha value is -2.35. The van der Waals surface area contributed by atoms with Crippen molar-refractivity contribution >= 4 is 17.7 Å². The van der Waals surface area contributed by atoms with Gasteiger partial charge in [-0.25, -0.2) is 14.0 Å². The minimum absolute atomic E-state index is 0.0260. The van der Waals surface area contributed by atoms with Crippen LogP contribution in [0.1, 0.15) is 12.8 Å². The number of rotatable bonds is 2. The van der Waals surface area contributed by atoms with Crippen molar-refractivity contribution in [3.05, 3.63) is 30.1 Å². The highest BCUT2D eigenvalue weighted by atomic mass is 19.1. The lowest BCUT2D eigenvalue weighted by Gasteiger charge is -2.36. The number of ether oxygens (including phenoxy) is 1. The first-order valence-electron chi connectivity index (χ1n) is 9.08. The third kappa shape index (κ3) is 3.33. The van der Waals surface area contributed by atoms with Crippen molar-refractivity contribution in [3.8, 4) is 0 Å². The number of halogens is 1. The van der Waals surface area contributed by atoms with E-state index in [1.807, 2.05) is 9.80 Å². The molecule has 140 valence electrons. The van der Waals surface area contributed by atoms with Gasteiger partial charge in [-0.1, -0.05) is 0 Å². The van der Waals surface area contributed by atoms with E-state index in [0.29, 0.717) is 45.1 Å². The molecule has 3 heterocycles. The summed E-state index contributed by atoms with van der Waals surface area (Å²) in [7, 11) is 0. The molecule has 8 heteroatoms. The standard InChI is InChI=1S/C18H23FN4O3/c19-13-1-3-14(4-2-13)20-17(24)21-7-8-22-16(11-21)12-23(18(22)25)15-5-9-26-10-6-15/h1-4,15-16H,5-12H2,(H,20,24)/t16-/m1/s1. The van der Waals surface area contributed by atoms with Crippen molar-refractivity contribution in [2.24, 2.45) is 0 Å². The molecule has 0 bridgehead atoms. The molecule has 4 rings (SSSR count). The van der Waals surface area contributed by atoms with Crippen LogP contribution in [0.15, 0.2) is 24.3 Å². The van der Waals surface area contributed by atoms with Gasteiger partial charge in [0.1, 0.15) is 5.82 Å². The third-order valence-electron chi connectivity index (χ3n) is 5.40. The highest BCUT2D eigenvalue weighted by Crippen LogP contribution is 2.26. The van der Waals surface area contributed by atoms with E-state index in [9.17, 15) is 14.0 Å². The highest BCUT2D eigenvalue weighted by molar-refractivity contribution is 5.89. The topological polar surface area (TPSA) is 65.1 Å². The monoisotopic (exact) mass is 362 g/mol. The molecular formula is C18H23FN4O3. The molecule has 3 fully saturated rings. The molecule has 4 amide bonds. The van der Waals surface area contributed by atoms with Crippen LogP contribution in [0.3, 0.4) is 0 Å². The Kier molecular flexibility index (Phi) is 4.67. The zero-order chi connectivity index (χ0) is 18.1. The molecule has 3 saturated heterocycles. The third-order valence-corrected chi connectivity index (χ3v) is 5.40. The van der Waals surface area contributed by atoms with E-state index >= 15 is 0 Å². The van der Waals surface area contributed by atoms with Gasteiger partial charge in [0.2, 0.25) is 0 Å². The van der Waals surface area contributed by atoms with Crippen molar-refractivity contribution in [1.29, 1.82) is 0 Å². The lowest BCUT2D eigenvalue weighted by atomic mass is 10.1. The number of anilines is 1. The summed E-state index contributed by atoms with van der Waals surface area (Å²) in [5.41, 5.74) is 0.560. The van der Waals surface area contributed by atoms with Gasteiger partial charge in [-0.15, -0.1) is 0 Å². The maximum absolute atomic E-state index is 13.0. The average Bonchev–Trinajstić information content (AvgIpc) is 3.00. The number of nitrogens with one attached hydrogen (secondary N) is 1. The SMILES string of the molecule is O=C(Nc1ccc(F)cc1)N1CCN2C(=O)N(C3CCOCC3)C[C@H]2C1. The molecule has 1 N–H and O–H groups in total. The van der Waals surface area contributed by atoms with E-state index in [2.05, 4.69) is 5.32 Å². The smallest absolute Gasteiger partial charge is 0.321 e. The molecule has 0 spiro atoms. The number of benzene rings is 1. The average molecular weight is 362 g/mol. The Labute approximate surface area is 151 Å². The van der Waals surface area contributed by atoms with Crippen molar-refractivity contribution in [3.63, 3.8) is 0 Å². The van der Waals surface area contributed by atoms with Crippen LogP contribution in [0.4, 0.5) is 19.7 Å². The van der Waals surface area contributed by atoms with E-state index in [1.165, 1.54) is 24.3 Å². The molecule has 0 saturated carbocycles. The zero-order valence-corrected chi connectivity index (χ0v) is 14.6. The normalized spacial score (nSPS) is 24.0. The number of nitrogens with zero attached hydrogens (tertiary/aromatic N) is 3. The summed E-state index contributed by atoms with van der Waals surface area (Å²) in [5.74, 6) is -0.339. The van der Waals surface area contributed by atoms with Gasteiger partial charge in [0.25, 0.3) is 0 Å². The fourth-order valence-corrected chi connectivity index (χ4v) is 3.96. The first-order valence-corrected chi connectivity index (χ1v) is 9.08. The molecule has 1 atom stereocenters. The molecule has 1 aromatic carbocycles. The molecule has 0 unspecified atom stereocenters. The van der Waals surface area contributed by atoms with Gasteiger partial charge in [0, 0.05) is 51.1 Å². The van der Waals surface area contributed by atoms with Crippen LogP contribution < -0.4 is 5.32 Å². The molecule has 3 aliphatic rings. The summed E-state index contributed by atoms with van der Waals surface area (Å²) in [6.45, 7) is 3.61. The van der Waals surface area contributed by atoms with Gasteiger partial charge in [-0.2, -0.15) is 0 Å². The summed E-state index contributed by atoms with van der Waals surface area (Å²) in [4.78, 5) is 30.8. The molecule has 0 aromatic heterocycles. The van der Waals surface area contributed by atoms with Crippen LogP contribution in [0, 0.1) is 5.82 Å². The molecular weight excluding hydrogens is 339 g/mol. The summed E-state index contributed by atoms with van der Waals surface area (Å²) in [6.07, 6.45) is 1.75. The molecule has 0 radical (unpaired) electrons. The number of hydrogen-bond acceptors (Lipinski definition) is 3. The van der Waals surface area contributed by atoms with Crippen LogP contribution in [0.5, 0.6) is 0 Å². The highest BCUT2D eigenvalue weighted by Gasteiger charge is 2.44. The predicted molar refractivity (Wildman–Crippen MR) is 93.4 cm³/mol. The van der Waals surface area contributed by atoms with Gasteiger partial charge in [0.15, 0.2) is 0 Å². The van der Waals surface area contributed by atoms with Crippen LogP contribution >= 0.6 is 0 Å². The number of fused-ring (bicyclic) bond motifs is 1. The number of hydrogen-bond donors (Lipinski definition) is 1. The maximum atomic E-state index is 13.0. The van der Waals surface area contributed by atoms with Gasteiger partial charge in [-0.05, 0) is 37.1 Å². The fraction of sp³-hybridized carbons (Fsp3) is 0.556. The van der Waals surface area contributed by atoms with E-state index in [4.69, 9.17) is 4.74 Å². The van der Waals surface area contributed by atoms with Gasteiger partial charge in [0.05, 0.1) is 6.04 Å². The first-order chi connectivity index (χ1) is 12.6. The maximum Gasteiger partial charge on any atom is 0.321 e. The Morgan fingerprint density at radius 2 is 1.77 bits per heavy atom. The van der Waals surface area contributed by atoms with Crippen LogP contribution in [-0.2, 0) is 4.74 Å². The summed E-state index contributed by atoms with van der Waals surface area (Å²) in [5, 5.41) is 2.79. The van der Waals surface area contributed by atoms with E-state index in [0.717, 1.165) is 12.8 Å². The molecule has 26 heavy (non-hydrogen) atoms. The number of carbonyl (C=O) groups is 2. The van der Waals surface area contributed by atoms with E-state index < -0.39 is 0 Å². The second kappa shape index (κ2) is 7.11. The Bertz CT molecular complexity index is 678. The van der Waals surface area contributed by atoms with Crippen LogP contribution in [0.25, 0.3) is 0 Å². The van der Waals surface area contributed by atoms with E-state index in [1.54, 1.807) is 4.90 Å². The van der Waals surface area contributed by atoms with Crippen molar-refractivity contribution in [1.82, 2.24) is 14.7 Å². The molecule has 3 aliphatic heterocycles. The van der Waals surface area contributed by atoms with Crippen molar-refractivity contribution in [2.75, 3.05) is 44.7 Å². The van der Waals surface area contributed by atoms with Crippen molar-refractivity contribution in [2.45, 2.75) is 24.9 Å². The molecule has 0 aliphatic carbocycles. The van der Waals surface area contributed by atoms with Gasteiger partial charge in [-0.3, -0.25) is 0 Å². The summed E-state index contributed by atoms with van der Waals surface area (Å²) >= 11 is 0. The Morgan fingerprint density at radius 3 is 2.50 bits per heavy atom. The number of amides is 4. The van der Waals surface area contributed by atoms with E-state index in [-0.39, 0.29) is 30.0 Å². The zero-order valence-electron chi connectivity index (χ0n) is 14.6. The first kappa shape index (κ1) is 17.1. The number of piperazine rings is 1. The minimum atomic E-state index is -0.339. The quantitative estimate of drug-likeness (QED) is 0.875. The molecule has 7 nitrogen and oxygen atoms in total. The second-order valence-corrected chi connectivity index (χ2v) is 7.01. The lowest BCUT2D eigenvalue weighted by Crippen LogP contribution is -2.54. The molecule has 1 aromatic rings. The van der Waals surface area contributed by atoms with Crippen LogP contribution in [-0.4, -0.2) is 78.2 Å². The summed E-state index contributed by atoms with van der Waals surface area (Å²) in [6, 6.07) is 5.84. The Balaban J connectivity index is 1.37. The van der Waals surface area contributed by atoms with Gasteiger partial charge >= 0.3 is 12.1 Å². The predicted octanol–water partition coefficient (Wildman–Crippen LogP) is 1.96. The van der Waals surface area contributed by atoms with Crippen molar-refractivity contribution < 1.29 is 18.7 Å².